The third-order valence-corrected chi connectivity index (χ3v) is 6.71. The zero-order valence-electron chi connectivity index (χ0n) is 18.5. The molecule has 170 valence electrons. The lowest BCUT2D eigenvalue weighted by Crippen LogP contribution is -2.36. The molecule has 0 radical (unpaired) electrons. The first-order valence-electron chi connectivity index (χ1n) is 11.0. The number of nitriles is 1. The lowest BCUT2D eigenvalue weighted by atomic mass is 10.0. The molecule has 0 aromatic carbocycles. The molecule has 0 bridgehead atoms. The third-order valence-electron chi connectivity index (χ3n) is 6.71. The number of aromatic nitrogens is 5. The van der Waals surface area contributed by atoms with Gasteiger partial charge >= 0.3 is 0 Å². The topological polar surface area (TPSA) is 147 Å². The van der Waals surface area contributed by atoms with Crippen molar-refractivity contribution in [1.29, 1.82) is 5.26 Å². The average molecular weight is 448 g/mol. The zero-order chi connectivity index (χ0) is 23.3. The number of hydrogen-bond donors (Lipinski definition) is 2. The van der Waals surface area contributed by atoms with Crippen LogP contribution >= 0.6 is 0 Å². The van der Waals surface area contributed by atoms with Crippen LogP contribution in [0, 0.1) is 22.7 Å². The Morgan fingerprint density at radius 2 is 2.06 bits per heavy atom. The van der Waals surface area contributed by atoms with Gasteiger partial charge in [-0.25, -0.2) is 9.50 Å². The number of hydrogen-bond acceptors (Lipinski definition) is 7. The van der Waals surface area contributed by atoms with E-state index in [4.69, 9.17) is 10.7 Å². The molecule has 1 aliphatic heterocycles. The van der Waals surface area contributed by atoms with Crippen LogP contribution in [0.3, 0.4) is 0 Å². The summed E-state index contributed by atoms with van der Waals surface area (Å²) in [6.07, 6.45) is 8.84. The van der Waals surface area contributed by atoms with E-state index in [1.165, 1.54) is 6.20 Å². The van der Waals surface area contributed by atoms with E-state index < -0.39 is 11.3 Å². The first kappa shape index (κ1) is 20.9. The minimum Gasteiger partial charge on any atom is -0.376 e. The second-order valence-electron chi connectivity index (χ2n) is 8.92. The maximum Gasteiger partial charge on any atom is 0.252 e. The van der Waals surface area contributed by atoms with Gasteiger partial charge in [-0.2, -0.15) is 15.5 Å². The van der Waals surface area contributed by atoms with Gasteiger partial charge in [0.05, 0.1) is 41.6 Å². The SMILES string of the molecule is CC[C@@H]1CN(C(=O)C2(C#N)CC2)C[C@@H]1Nc1c(C(N)=O)cnn2cc(-c3cnn(C)c3)nc12. The van der Waals surface area contributed by atoms with Crippen LogP contribution in [-0.2, 0) is 11.8 Å². The summed E-state index contributed by atoms with van der Waals surface area (Å²) in [6.45, 7) is 3.08. The number of carbonyl (C=O) groups is 2. The van der Waals surface area contributed by atoms with E-state index in [2.05, 4.69) is 28.5 Å². The Labute approximate surface area is 190 Å². The van der Waals surface area contributed by atoms with Gasteiger partial charge in [0.1, 0.15) is 5.41 Å². The molecule has 3 aromatic heterocycles. The van der Waals surface area contributed by atoms with Crippen molar-refractivity contribution in [3.63, 3.8) is 0 Å². The summed E-state index contributed by atoms with van der Waals surface area (Å²) in [4.78, 5) is 31.6. The highest BCUT2D eigenvalue weighted by molar-refractivity contribution is 6.01. The molecule has 0 spiro atoms. The molecule has 1 aliphatic carbocycles. The van der Waals surface area contributed by atoms with Crippen LogP contribution in [0.25, 0.3) is 16.9 Å². The van der Waals surface area contributed by atoms with Crippen molar-refractivity contribution in [2.45, 2.75) is 32.2 Å². The van der Waals surface area contributed by atoms with Crippen LogP contribution in [0.5, 0.6) is 0 Å². The first-order valence-corrected chi connectivity index (χ1v) is 11.0. The number of fused-ring (bicyclic) bond motifs is 1. The molecule has 3 N–H and O–H groups in total. The monoisotopic (exact) mass is 447 g/mol. The van der Waals surface area contributed by atoms with E-state index in [-0.39, 0.29) is 23.4 Å². The molecule has 3 aromatic rings. The second-order valence-corrected chi connectivity index (χ2v) is 8.92. The van der Waals surface area contributed by atoms with Gasteiger partial charge in [0.25, 0.3) is 5.91 Å². The molecule has 11 nitrogen and oxygen atoms in total. The molecule has 1 saturated heterocycles. The van der Waals surface area contributed by atoms with Gasteiger partial charge in [-0.1, -0.05) is 6.92 Å². The fourth-order valence-electron chi connectivity index (χ4n) is 4.56. The van der Waals surface area contributed by atoms with Crippen molar-refractivity contribution in [2.75, 3.05) is 18.4 Å². The molecule has 1 saturated carbocycles. The van der Waals surface area contributed by atoms with E-state index in [0.717, 1.165) is 12.0 Å². The Hall–Kier alpha value is -3.94. The summed E-state index contributed by atoms with van der Waals surface area (Å²) in [5, 5.41) is 21.4. The molecule has 5 rings (SSSR count). The third kappa shape index (κ3) is 3.47. The van der Waals surface area contributed by atoms with Gasteiger partial charge in [-0.05, 0) is 25.2 Å². The van der Waals surface area contributed by atoms with E-state index in [1.54, 1.807) is 26.5 Å². The van der Waals surface area contributed by atoms with Gasteiger partial charge in [-0.3, -0.25) is 14.3 Å². The maximum atomic E-state index is 12.9. The Balaban J connectivity index is 1.49. The van der Waals surface area contributed by atoms with Crippen LogP contribution in [0.2, 0.25) is 0 Å². The minimum atomic E-state index is -0.850. The summed E-state index contributed by atoms with van der Waals surface area (Å²) in [6, 6.07) is 2.08. The van der Waals surface area contributed by atoms with E-state index >= 15 is 0 Å². The number of carbonyl (C=O) groups excluding carboxylic acids is 2. The quantitative estimate of drug-likeness (QED) is 0.576. The molecule has 11 heteroatoms. The molecule has 0 unspecified atom stereocenters. The van der Waals surface area contributed by atoms with E-state index in [1.807, 2.05) is 13.2 Å². The number of rotatable bonds is 6. The number of nitrogens with zero attached hydrogens (tertiary/aromatic N) is 7. The van der Waals surface area contributed by atoms with Crippen molar-refractivity contribution in [1.82, 2.24) is 29.3 Å². The van der Waals surface area contributed by atoms with Gasteiger partial charge in [-0.15, -0.1) is 0 Å². The Morgan fingerprint density at radius 1 is 1.27 bits per heavy atom. The number of imidazole rings is 1. The van der Waals surface area contributed by atoms with Crippen molar-refractivity contribution >= 4 is 23.1 Å². The van der Waals surface area contributed by atoms with Crippen molar-refractivity contribution in [3.05, 3.63) is 30.4 Å². The first-order chi connectivity index (χ1) is 15.8. The summed E-state index contributed by atoms with van der Waals surface area (Å²) in [7, 11) is 1.83. The highest BCUT2D eigenvalue weighted by Crippen LogP contribution is 2.47. The summed E-state index contributed by atoms with van der Waals surface area (Å²) in [5.74, 6) is -0.550. The van der Waals surface area contributed by atoms with Crippen molar-refractivity contribution in [3.8, 4) is 17.3 Å². The minimum absolute atomic E-state index is 0.0950. The predicted octanol–water partition coefficient (Wildman–Crippen LogP) is 1.18. The molecular weight excluding hydrogens is 422 g/mol. The lowest BCUT2D eigenvalue weighted by Gasteiger charge is -2.21. The number of likely N-dealkylation sites (tertiary alicyclic amines) is 1. The molecule has 4 heterocycles. The summed E-state index contributed by atoms with van der Waals surface area (Å²) < 4.78 is 3.29. The van der Waals surface area contributed by atoms with E-state index in [0.29, 0.717) is 43.0 Å². The van der Waals surface area contributed by atoms with Gasteiger partial charge in [0, 0.05) is 37.9 Å². The van der Waals surface area contributed by atoms with Crippen LogP contribution < -0.4 is 11.1 Å². The molecule has 2 aliphatic rings. The molecule has 2 amide bonds. The van der Waals surface area contributed by atoms with Gasteiger partial charge < -0.3 is 16.0 Å². The highest BCUT2D eigenvalue weighted by Gasteiger charge is 2.54. The maximum absolute atomic E-state index is 12.9. The van der Waals surface area contributed by atoms with Gasteiger partial charge in [0.15, 0.2) is 5.65 Å². The Kier molecular flexibility index (Phi) is 4.81. The molecule has 33 heavy (non-hydrogen) atoms. The summed E-state index contributed by atoms with van der Waals surface area (Å²) in [5.41, 5.74) is 7.50. The largest absolute Gasteiger partial charge is 0.376 e. The second kappa shape index (κ2) is 7.58. The predicted molar refractivity (Wildman–Crippen MR) is 119 cm³/mol. The zero-order valence-corrected chi connectivity index (χ0v) is 18.5. The number of aryl methyl sites for hydroxylation is 1. The average Bonchev–Trinajstić information content (AvgIpc) is 3.11. The molecule has 2 atom stereocenters. The lowest BCUT2D eigenvalue weighted by molar-refractivity contribution is -0.134. The number of primary amides is 1. The fraction of sp³-hybridized carbons (Fsp3) is 0.455. The van der Waals surface area contributed by atoms with E-state index in [9.17, 15) is 14.9 Å². The Bertz CT molecular complexity index is 1300. The van der Waals surface area contributed by atoms with Crippen molar-refractivity contribution in [2.24, 2.45) is 24.1 Å². The van der Waals surface area contributed by atoms with Crippen LogP contribution in [0.15, 0.2) is 24.8 Å². The van der Waals surface area contributed by atoms with Gasteiger partial charge in [0.2, 0.25) is 5.91 Å². The normalized spacial score (nSPS) is 21.2. The van der Waals surface area contributed by atoms with Crippen LogP contribution in [0.1, 0.15) is 36.5 Å². The highest BCUT2D eigenvalue weighted by atomic mass is 16.2. The fourth-order valence-corrected chi connectivity index (χ4v) is 4.56. The Morgan fingerprint density at radius 3 is 2.67 bits per heavy atom. The summed E-state index contributed by atoms with van der Waals surface area (Å²) >= 11 is 0. The number of anilines is 1. The smallest absolute Gasteiger partial charge is 0.252 e. The molecular formula is C22H25N9O2. The van der Waals surface area contributed by atoms with Crippen LogP contribution in [-0.4, -0.2) is 60.2 Å². The molecule has 2 fully saturated rings. The number of nitrogens with two attached hydrogens (primary N) is 1. The number of amides is 2. The van der Waals surface area contributed by atoms with Crippen LogP contribution in [0.4, 0.5) is 5.69 Å². The standard InChI is InChI=1S/C22H25N9O2/c1-3-13-9-30(21(33)22(12-23)4-5-22)10-16(13)27-18-15(19(24)32)7-26-31-11-17(28-20(18)31)14-6-25-29(2)8-14/h6-8,11,13,16,27H,3-5,9-10H2,1-2H3,(H2,24,32)/t13-,16+/m1/s1. The number of nitrogens with one attached hydrogen (secondary N) is 1. The van der Waals surface area contributed by atoms with Crippen molar-refractivity contribution < 1.29 is 9.59 Å².